The lowest BCUT2D eigenvalue weighted by molar-refractivity contribution is -0.147. The van der Waals surface area contributed by atoms with Crippen LogP contribution < -0.4 is 10.0 Å². The van der Waals surface area contributed by atoms with Crippen molar-refractivity contribution in [3.8, 4) is 0 Å². The van der Waals surface area contributed by atoms with Crippen LogP contribution in [0.5, 0.6) is 0 Å². The highest BCUT2D eigenvalue weighted by Gasteiger charge is 2.85. The van der Waals surface area contributed by atoms with Crippen molar-refractivity contribution in [2.45, 2.75) is 175 Å². The zero-order valence-corrected chi connectivity index (χ0v) is 37.9. The molecule has 7 aliphatic rings. The lowest BCUT2D eigenvalue weighted by Crippen LogP contribution is -2.57. The van der Waals surface area contributed by atoms with E-state index in [4.69, 9.17) is 0 Å². The van der Waals surface area contributed by atoms with Gasteiger partial charge in [-0.1, -0.05) is 66.4 Å². The van der Waals surface area contributed by atoms with Gasteiger partial charge < -0.3 is 10.2 Å². The number of Topliss-reactive ketones (excluding diaryl/α,β-unsaturated/α-hetero) is 2. The van der Waals surface area contributed by atoms with Crippen LogP contribution in [-0.4, -0.2) is 102 Å². The standard InChI is InChI=1S/C46H73N5O7S/c1-9-32-26-44(32,41(56)48-59(57,58)49-22-14-15-23-49)28-37(53)35-27-46(43(7,8)45(46)20-16-21-45)29-51(35)40(55)33(42(4,5)6)25-36(52)38(31-17-10-11-18-31)47-39(54)34-19-12-13-24-50(34)30(2)3/h9,30-35,38H,1,10-29H2,2-8H3,(H,47,54)(H,48,56)/t32-,33-,34+,35+,38+,44-,46-/m1/s1. The highest BCUT2D eigenvalue weighted by atomic mass is 32.2. The van der Waals surface area contributed by atoms with Crippen molar-refractivity contribution in [3.63, 3.8) is 0 Å². The van der Waals surface area contributed by atoms with Crippen LogP contribution in [-0.2, 0) is 34.2 Å². The van der Waals surface area contributed by atoms with Gasteiger partial charge in [0, 0.05) is 49.9 Å². The van der Waals surface area contributed by atoms with Crippen molar-refractivity contribution in [2.24, 2.45) is 44.8 Å². The Bertz CT molecular complexity index is 1810. The highest BCUT2D eigenvalue weighted by molar-refractivity contribution is 7.87. The Balaban J connectivity index is 1.15. The summed E-state index contributed by atoms with van der Waals surface area (Å²) in [5, 5.41) is 3.25. The van der Waals surface area contributed by atoms with Crippen LogP contribution in [0.3, 0.4) is 0 Å². The average Bonchev–Trinajstić information content (AvgIpc) is 3.60. The number of hydrogen-bond donors (Lipinski definition) is 2. The third-order valence-electron chi connectivity index (χ3n) is 17.2. The van der Waals surface area contributed by atoms with Crippen LogP contribution in [0.4, 0.5) is 0 Å². The summed E-state index contributed by atoms with van der Waals surface area (Å²) in [4.78, 5) is 76.9. The molecule has 2 N–H and O–H groups in total. The molecule has 0 radical (unpaired) electrons. The van der Waals surface area contributed by atoms with Crippen molar-refractivity contribution in [2.75, 3.05) is 26.2 Å². The number of fused-ring (bicyclic) bond motifs is 1. The van der Waals surface area contributed by atoms with E-state index in [-0.39, 0.29) is 76.4 Å². The van der Waals surface area contributed by atoms with E-state index in [2.05, 4.69) is 49.2 Å². The molecular weight excluding hydrogens is 767 g/mol. The van der Waals surface area contributed by atoms with Gasteiger partial charge in [-0.3, -0.25) is 28.9 Å². The molecule has 2 spiro atoms. The molecule has 7 fully saturated rings. The van der Waals surface area contributed by atoms with Gasteiger partial charge in [-0.25, -0.2) is 4.72 Å². The second kappa shape index (κ2) is 15.9. The van der Waals surface area contributed by atoms with Gasteiger partial charge >= 0.3 is 10.2 Å². The predicted octanol–water partition coefficient (Wildman–Crippen LogP) is 5.95. The first-order chi connectivity index (χ1) is 27.7. The molecule has 4 aliphatic carbocycles. The second-order valence-corrected chi connectivity index (χ2v) is 23.4. The largest absolute Gasteiger partial charge is 0.345 e. The first-order valence-corrected chi connectivity index (χ1v) is 24.5. The van der Waals surface area contributed by atoms with Gasteiger partial charge in [0.2, 0.25) is 17.7 Å². The summed E-state index contributed by atoms with van der Waals surface area (Å²) < 4.78 is 30.0. The summed E-state index contributed by atoms with van der Waals surface area (Å²) in [6.07, 6.45) is 13.3. The van der Waals surface area contributed by atoms with Gasteiger partial charge in [-0.2, -0.15) is 12.7 Å². The number of amides is 3. The summed E-state index contributed by atoms with van der Waals surface area (Å²) in [5.41, 5.74) is -2.22. The monoisotopic (exact) mass is 840 g/mol. The smallest absolute Gasteiger partial charge is 0.303 e. The van der Waals surface area contributed by atoms with Crippen LogP contribution in [0.2, 0.25) is 0 Å². The third kappa shape index (κ3) is 7.56. The normalized spacial score (nSPS) is 32.8. The van der Waals surface area contributed by atoms with Crippen molar-refractivity contribution in [3.05, 3.63) is 12.7 Å². The van der Waals surface area contributed by atoms with E-state index < -0.39 is 44.9 Å². The fourth-order valence-electron chi connectivity index (χ4n) is 13.1. The van der Waals surface area contributed by atoms with E-state index in [1.54, 1.807) is 11.0 Å². The summed E-state index contributed by atoms with van der Waals surface area (Å²) >= 11 is 0. The zero-order valence-electron chi connectivity index (χ0n) is 37.1. The van der Waals surface area contributed by atoms with Crippen molar-refractivity contribution in [1.29, 1.82) is 0 Å². The summed E-state index contributed by atoms with van der Waals surface area (Å²) in [7, 11) is -4.06. The molecule has 3 heterocycles. The number of hydrogen-bond acceptors (Lipinski definition) is 8. The third-order valence-corrected chi connectivity index (χ3v) is 18.7. The Morgan fingerprint density at radius 2 is 1.47 bits per heavy atom. The molecule has 7 atom stereocenters. The molecule has 0 aromatic carbocycles. The number of piperidine rings is 1. The summed E-state index contributed by atoms with van der Waals surface area (Å²) in [5.74, 6) is -2.45. The molecule has 4 saturated carbocycles. The minimum absolute atomic E-state index is 0.0151. The van der Waals surface area contributed by atoms with Gasteiger partial charge in [-0.15, -0.1) is 6.58 Å². The van der Waals surface area contributed by atoms with E-state index >= 15 is 4.79 Å². The number of nitrogens with one attached hydrogen (secondary N) is 2. The molecule has 0 aromatic heterocycles. The molecule has 3 aliphatic heterocycles. The SMILES string of the molecule is C=C[C@@H]1C[C@]1(CC(=O)[C@@H]1C[C@@]2(CN1C(=O)[C@@H](CC(=O)[C@@H](NC(=O)[C@@H]1CCCCN1C(C)C)C1CCCC1)C(C)(C)C)C(C)(C)C21CCC1)C(=O)NS(=O)(=O)N1CCCC1. The minimum Gasteiger partial charge on any atom is -0.345 e. The van der Waals surface area contributed by atoms with Crippen LogP contribution >= 0.6 is 0 Å². The first-order valence-electron chi connectivity index (χ1n) is 23.0. The number of likely N-dealkylation sites (tertiary alicyclic amines) is 2. The first kappa shape index (κ1) is 44.4. The number of ketones is 2. The van der Waals surface area contributed by atoms with Crippen LogP contribution in [0, 0.1) is 44.8 Å². The van der Waals surface area contributed by atoms with Crippen LogP contribution in [0.1, 0.15) is 151 Å². The van der Waals surface area contributed by atoms with Gasteiger partial charge in [-0.05, 0) is 113 Å². The Labute approximate surface area is 354 Å². The lowest BCUT2D eigenvalue weighted by atomic mass is 9.73. The fourth-order valence-corrected chi connectivity index (χ4v) is 14.4. The minimum atomic E-state index is -4.06. The van der Waals surface area contributed by atoms with E-state index in [1.165, 1.54) is 4.31 Å². The van der Waals surface area contributed by atoms with Gasteiger partial charge in [0.05, 0.1) is 23.5 Å². The highest BCUT2D eigenvalue weighted by Crippen LogP contribution is 2.88. The molecule has 3 saturated heterocycles. The Morgan fingerprint density at radius 3 is 2.02 bits per heavy atom. The maximum Gasteiger partial charge on any atom is 0.303 e. The number of carbonyl (C=O) groups excluding carboxylic acids is 5. The molecule has 3 amide bonds. The molecule has 7 rings (SSSR count). The van der Waals surface area contributed by atoms with Crippen molar-refractivity contribution >= 4 is 39.5 Å². The van der Waals surface area contributed by atoms with Gasteiger partial charge in [0.25, 0.3) is 0 Å². The lowest BCUT2D eigenvalue weighted by Gasteiger charge is -2.39. The van der Waals surface area contributed by atoms with Crippen molar-refractivity contribution in [1.82, 2.24) is 24.1 Å². The molecule has 0 unspecified atom stereocenters. The molecule has 330 valence electrons. The fraction of sp³-hybridized carbons (Fsp3) is 0.848. The molecule has 0 aromatic rings. The number of rotatable bonds is 15. The number of carbonyl (C=O) groups is 5. The quantitative estimate of drug-likeness (QED) is 0.192. The Morgan fingerprint density at radius 1 is 0.847 bits per heavy atom. The second-order valence-electron chi connectivity index (χ2n) is 21.7. The van der Waals surface area contributed by atoms with Crippen molar-refractivity contribution < 1.29 is 32.4 Å². The van der Waals surface area contributed by atoms with E-state index in [9.17, 15) is 27.6 Å². The summed E-state index contributed by atoms with van der Waals surface area (Å²) in [6, 6.07) is -1.56. The average molecular weight is 840 g/mol. The molecule has 0 bridgehead atoms. The molecule has 59 heavy (non-hydrogen) atoms. The van der Waals surface area contributed by atoms with Gasteiger partial charge in [0.15, 0.2) is 11.6 Å². The summed E-state index contributed by atoms with van der Waals surface area (Å²) in [6.45, 7) is 20.6. The Kier molecular flexibility index (Phi) is 12.0. The number of allylic oxidation sites excluding steroid dienone is 1. The van der Waals surface area contributed by atoms with E-state index in [0.29, 0.717) is 32.5 Å². The zero-order chi connectivity index (χ0) is 42.9. The molecule has 12 nitrogen and oxygen atoms in total. The molecular formula is C46H73N5O7S. The molecule has 13 heteroatoms. The Hall–Kier alpha value is -2.64. The van der Waals surface area contributed by atoms with Crippen LogP contribution in [0.15, 0.2) is 12.7 Å². The maximum absolute atomic E-state index is 15.3. The van der Waals surface area contributed by atoms with Gasteiger partial charge in [0.1, 0.15) is 0 Å². The topological polar surface area (TPSA) is 153 Å². The van der Waals surface area contributed by atoms with E-state index in [1.807, 2.05) is 20.8 Å². The number of nitrogens with zero attached hydrogens (tertiary/aromatic N) is 3. The predicted molar refractivity (Wildman–Crippen MR) is 227 cm³/mol. The van der Waals surface area contributed by atoms with E-state index in [0.717, 1.165) is 83.6 Å². The van der Waals surface area contributed by atoms with Crippen LogP contribution in [0.25, 0.3) is 0 Å². The maximum atomic E-state index is 15.3.